The summed E-state index contributed by atoms with van der Waals surface area (Å²) in [5, 5.41) is 15.5. The molecule has 1 saturated carbocycles. The Bertz CT molecular complexity index is 400. The van der Waals surface area contributed by atoms with E-state index >= 15 is 0 Å². The minimum atomic E-state index is -0.774. The summed E-state index contributed by atoms with van der Waals surface area (Å²) in [6.07, 6.45) is 2.11. The molecule has 0 aliphatic heterocycles. The van der Waals surface area contributed by atoms with E-state index in [1.54, 1.807) is 6.92 Å². The molecule has 0 spiro atoms. The Balaban J connectivity index is 1.69. The third kappa shape index (κ3) is 3.74. The van der Waals surface area contributed by atoms with Gasteiger partial charge in [-0.05, 0) is 31.2 Å². The van der Waals surface area contributed by atoms with E-state index in [1.807, 2.05) is 30.3 Å². The fraction of sp³-hybridized carbons (Fsp3) is 0.500. The number of aliphatic hydroxyl groups is 1. The molecule has 0 saturated heterocycles. The number of benzene rings is 1. The summed E-state index contributed by atoms with van der Waals surface area (Å²) in [5.41, 5.74) is 0.283. The molecule has 2 amide bonds. The van der Waals surface area contributed by atoms with Gasteiger partial charge in [-0.25, -0.2) is 4.79 Å². The molecule has 4 heteroatoms. The minimum Gasteiger partial charge on any atom is -0.388 e. The highest BCUT2D eigenvalue weighted by Crippen LogP contribution is 2.38. The highest BCUT2D eigenvalue weighted by atomic mass is 16.3. The number of carbonyl (C=O) groups is 1. The number of nitrogens with one attached hydrogen (secondary N) is 2. The molecule has 0 unspecified atom stereocenters. The number of amides is 2. The molecule has 1 aromatic rings. The Kier molecular flexibility index (Phi) is 3.87. The van der Waals surface area contributed by atoms with Gasteiger partial charge in [-0.1, -0.05) is 30.3 Å². The van der Waals surface area contributed by atoms with Gasteiger partial charge in [0.1, 0.15) is 0 Å². The molecule has 4 nitrogen and oxygen atoms in total. The second-order valence-electron chi connectivity index (χ2n) is 5.15. The molecule has 1 atom stereocenters. The van der Waals surface area contributed by atoms with Crippen LogP contribution in [0, 0.1) is 5.92 Å². The predicted octanol–water partition coefficient (Wildman–Crippen LogP) is 1.65. The van der Waals surface area contributed by atoms with E-state index in [0.29, 0.717) is 19.0 Å². The molecule has 1 fully saturated rings. The summed E-state index contributed by atoms with van der Waals surface area (Å²) < 4.78 is 0. The third-order valence-electron chi connectivity index (χ3n) is 3.36. The van der Waals surface area contributed by atoms with E-state index in [9.17, 15) is 9.90 Å². The first kappa shape index (κ1) is 12.9. The van der Waals surface area contributed by atoms with Crippen molar-refractivity contribution in [1.82, 2.24) is 10.6 Å². The number of hydrogen-bond acceptors (Lipinski definition) is 2. The average Bonchev–Trinajstić information content (AvgIpc) is 3.20. The van der Waals surface area contributed by atoms with Crippen LogP contribution < -0.4 is 10.6 Å². The van der Waals surface area contributed by atoms with Gasteiger partial charge in [0.15, 0.2) is 0 Å². The van der Waals surface area contributed by atoms with Crippen LogP contribution in [0.25, 0.3) is 0 Å². The van der Waals surface area contributed by atoms with Crippen LogP contribution in [0.3, 0.4) is 0 Å². The normalized spacial score (nSPS) is 17.9. The Morgan fingerprint density at radius 1 is 1.33 bits per heavy atom. The number of rotatable bonds is 5. The van der Waals surface area contributed by atoms with Crippen molar-refractivity contribution in [3.8, 4) is 0 Å². The van der Waals surface area contributed by atoms with Crippen LogP contribution in [0.5, 0.6) is 0 Å². The van der Waals surface area contributed by atoms with Crippen LogP contribution in [0.4, 0.5) is 4.79 Å². The van der Waals surface area contributed by atoms with Crippen molar-refractivity contribution >= 4 is 6.03 Å². The molecule has 98 valence electrons. The van der Waals surface area contributed by atoms with Gasteiger partial charge < -0.3 is 15.7 Å². The van der Waals surface area contributed by atoms with Crippen molar-refractivity contribution in [2.45, 2.75) is 31.9 Å². The lowest BCUT2D eigenvalue weighted by Gasteiger charge is -2.23. The zero-order valence-electron chi connectivity index (χ0n) is 10.6. The minimum absolute atomic E-state index is 0.236. The monoisotopic (exact) mass is 248 g/mol. The largest absolute Gasteiger partial charge is 0.388 e. The highest BCUT2D eigenvalue weighted by molar-refractivity contribution is 5.73. The van der Waals surface area contributed by atoms with Crippen LogP contribution in [-0.4, -0.2) is 23.3 Å². The first-order valence-corrected chi connectivity index (χ1v) is 6.36. The van der Waals surface area contributed by atoms with Crippen molar-refractivity contribution in [2.24, 2.45) is 5.92 Å². The SMILES string of the molecule is C[C@](O)(CNC(=O)NCc1ccccc1)C1CC1. The quantitative estimate of drug-likeness (QED) is 0.742. The van der Waals surface area contributed by atoms with Crippen LogP contribution in [0.1, 0.15) is 25.3 Å². The molecular weight excluding hydrogens is 228 g/mol. The van der Waals surface area contributed by atoms with Gasteiger partial charge in [0.25, 0.3) is 0 Å². The Morgan fingerprint density at radius 3 is 2.61 bits per heavy atom. The lowest BCUT2D eigenvalue weighted by molar-refractivity contribution is 0.0394. The molecular formula is C14H20N2O2. The maximum absolute atomic E-state index is 11.6. The van der Waals surface area contributed by atoms with Crippen LogP contribution in [0.15, 0.2) is 30.3 Å². The second-order valence-corrected chi connectivity index (χ2v) is 5.15. The van der Waals surface area contributed by atoms with Gasteiger partial charge in [0.2, 0.25) is 0 Å². The predicted molar refractivity (Wildman–Crippen MR) is 70.0 cm³/mol. The summed E-state index contributed by atoms with van der Waals surface area (Å²) in [5.74, 6) is 0.340. The second kappa shape index (κ2) is 5.40. The van der Waals surface area contributed by atoms with Crippen molar-refractivity contribution in [2.75, 3.05) is 6.54 Å². The summed E-state index contributed by atoms with van der Waals surface area (Å²) in [6.45, 7) is 2.58. The first-order valence-electron chi connectivity index (χ1n) is 6.36. The van der Waals surface area contributed by atoms with Crippen LogP contribution in [0.2, 0.25) is 0 Å². The zero-order chi connectivity index (χ0) is 13.0. The number of carbonyl (C=O) groups excluding carboxylic acids is 1. The molecule has 0 heterocycles. The summed E-state index contributed by atoms with van der Waals surface area (Å²) in [6, 6.07) is 9.50. The van der Waals surface area contributed by atoms with Crippen molar-refractivity contribution in [3.63, 3.8) is 0 Å². The molecule has 0 radical (unpaired) electrons. The third-order valence-corrected chi connectivity index (χ3v) is 3.36. The maximum Gasteiger partial charge on any atom is 0.315 e. The molecule has 0 bridgehead atoms. The van der Waals surface area contributed by atoms with Gasteiger partial charge in [-0.2, -0.15) is 0 Å². The summed E-state index contributed by atoms with van der Waals surface area (Å²) in [4.78, 5) is 11.6. The van der Waals surface area contributed by atoms with Gasteiger partial charge in [-0.3, -0.25) is 0 Å². The fourth-order valence-corrected chi connectivity index (χ4v) is 1.95. The molecule has 1 aliphatic rings. The van der Waals surface area contributed by atoms with Crippen LogP contribution >= 0.6 is 0 Å². The van der Waals surface area contributed by atoms with E-state index in [2.05, 4.69) is 10.6 Å². The maximum atomic E-state index is 11.6. The summed E-state index contributed by atoms with van der Waals surface area (Å²) in [7, 11) is 0. The van der Waals surface area contributed by atoms with Crippen molar-refractivity contribution in [1.29, 1.82) is 0 Å². The van der Waals surface area contributed by atoms with E-state index in [-0.39, 0.29) is 6.03 Å². The van der Waals surface area contributed by atoms with E-state index in [1.165, 1.54) is 0 Å². The molecule has 0 aromatic heterocycles. The Labute approximate surface area is 107 Å². The molecule has 3 N–H and O–H groups in total. The van der Waals surface area contributed by atoms with Crippen molar-refractivity contribution in [3.05, 3.63) is 35.9 Å². The molecule has 1 aliphatic carbocycles. The van der Waals surface area contributed by atoms with E-state index < -0.39 is 5.60 Å². The molecule has 2 rings (SSSR count). The Morgan fingerprint density at radius 2 is 2.00 bits per heavy atom. The zero-order valence-corrected chi connectivity index (χ0v) is 10.6. The Hall–Kier alpha value is -1.55. The highest BCUT2D eigenvalue weighted by Gasteiger charge is 2.39. The van der Waals surface area contributed by atoms with E-state index in [0.717, 1.165) is 18.4 Å². The standard InChI is InChI=1S/C14H20N2O2/c1-14(18,12-7-8-12)10-16-13(17)15-9-11-5-3-2-4-6-11/h2-6,12,18H,7-10H2,1H3,(H2,15,16,17)/t14-/m0/s1. The summed E-state index contributed by atoms with van der Waals surface area (Å²) >= 11 is 0. The van der Waals surface area contributed by atoms with Gasteiger partial charge in [-0.15, -0.1) is 0 Å². The van der Waals surface area contributed by atoms with Crippen LogP contribution in [-0.2, 0) is 6.54 Å². The van der Waals surface area contributed by atoms with Gasteiger partial charge >= 0.3 is 6.03 Å². The fourth-order valence-electron chi connectivity index (χ4n) is 1.95. The smallest absolute Gasteiger partial charge is 0.315 e. The topological polar surface area (TPSA) is 61.4 Å². The lowest BCUT2D eigenvalue weighted by atomic mass is 10.0. The van der Waals surface area contributed by atoms with Gasteiger partial charge in [0, 0.05) is 13.1 Å². The average molecular weight is 248 g/mol. The molecule has 1 aromatic carbocycles. The first-order chi connectivity index (χ1) is 8.58. The van der Waals surface area contributed by atoms with E-state index in [4.69, 9.17) is 0 Å². The number of urea groups is 1. The van der Waals surface area contributed by atoms with Crippen molar-refractivity contribution < 1.29 is 9.90 Å². The molecule has 18 heavy (non-hydrogen) atoms. The number of hydrogen-bond donors (Lipinski definition) is 3. The van der Waals surface area contributed by atoms with Gasteiger partial charge in [0.05, 0.1) is 5.60 Å². The lowest BCUT2D eigenvalue weighted by Crippen LogP contribution is -2.45.